The second-order valence-electron chi connectivity index (χ2n) is 3.95. The Kier molecular flexibility index (Phi) is 7.36. The lowest BCUT2D eigenvalue weighted by molar-refractivity contribution is -0.117. The van der Waals surface area contributed by atoms with E-state index in [0.717, 1.165) is 12.8 Å². The first-order valence-corrected chi connectivity index (χ1v) is 5.46. The fourth-order valence-corrected chi connectivity index (χ4v) is 1.33. The number of halogens is 2. The van der Waals surface area contributed by atoms with Gasteiger partial charge in [-0.1, -0.05) is 0 Å². The summed E-state index contributed by atoms with van der Waals surface area (Å²) < 4.78 is 0. The van der Waals surface area contributed by atoms with Gasteiger partial charge in [0, 0.05) is 5.92 Å². The topological polar surface area (TPSA) is 97.1 Å². The molecule has 1 saturated carbocycles. The summed E-state index contributed by atoms with van der Waals surface area (Å²) in [6.45, 7) is -0.0693. The van der Waals surface area contributed by atoms with Crippen molar-refractivity contribution in [3.63, 3.8) is 0 Å². The highest BCUT2D eigenvalue weighted by Crippen LogP contribution is 2.29. The quantitative estimate of drug-likeness (QED) is 0.778. The van der Waals surface area contributed by atoms with Crippen LogP contribution in [-0.4, -0.2) is 23.3 Å². The van der Waals surface area contributed by atoms with E-state index in [1.165, 1.54) is 6.20 Å². The molecule has 0 spiro atoms. The minimum absolute atomic E-state index is 0. The minimum atomic E-state index is -0.276. The number of nitrogens with two attached hydrogens (primary N) is 1. The van der Waals surface area contributed by atoms with Gasteiger partial charge in [-0.05, 0) is 25.0 Å². The average molecular weight is 307 g/mol. The lowest BCUT2D eigenvalue weighted by atomic mass is 10.3. The summed E-state index contributed by atoms with van der Waals surface area (Å²) in [5.74, 6) is 0.374. The van der Waals surface area contributed by atoms with Crippen molar-refractivity contribution in [2.75, 3.05) is 17.2 Å². The van der Waals surface area contributed by atoms with Crippen LogP contribution in [0.4, 0.5) is 11.5 Å². The van der Waals surface area contributed by atoms with Crippen LogP contribution in [0.3, 0.4) is 0 Å². The van der Waals surface area contributed by atoms with E-state index in [1.54, 1.807) is 12.1 Å². The van der Waals surface area contributed by atoms with E-state index in [9.17, 15) is 9.59 Å². The Balaban J connectivity index is 0.00000162. The molecule has 106 valence electrons. The molecule has 1 aromatic rings. The highest BCUT2D eigenvalue weighted by atomic mass is 35.5. The molecule has 2 rings (SSSR count). The number of rotatable bonds is 4. The zero-order valence-corrected chi connectivity index (χ0v) is 11.7. The smallest absolute Gasteiger partial charge is 0.238 e. The molecular formula is C11H16Cl2N4O2. The molecule has 0 atom stereocenters. The Hall–Kier alpha value is -1.37. The van der Waals surface area contributed by atoms with Crippen molar-refractivity contribution in [1.29, 1.82) is 0 Å². The van der Waals surface area contributed by atoms with Crippen molar-refractivity contribution in [2.45, 2.75) is 12.8 Å². The molecule has 2 amide bonds. The van der Waals surface area contributed by atoms with Gasteiger partial charge in [-0.15, -0.1) is 24.8 Å². The van der Waals surface area contributed by atoms with E-state index in [2.05, 4.69) is 15.6 Å². The summed E-state index contributed by atoms with van der Waals surface area (Å²) in [5, 5.41) is 5.28. The molecule has 1 heterocycles. The van der Waals surface area contributed by atoms with Crippen LogP contribution < -0.4 is 16.4 Å². The van der Waals surface area contributed by atoms with Gasteiger partial charge in [-0.25, -0.2) is 4.98 Å². The summed E-state index contributed by atoms with van der Waals surface area (Å²) in [7, 11) is 0. The molecule has 0 saturated heterocycles. The van der Waals surface area contributed by atoms with Crippen LogP contribution >= 0.6 is 24.8 Å². The largest absolute Gasteiger partial charge is 0.324 e. The first-order valence-electron chi connectivity index (χ1n) is 5.46. The predicted molar refractivity (Wildman–Crippen MR) is 77.8 cm³/mol. The molecule has 0 unspecified atom stereocenters. The van der Waals surface area contributed by atoms with E-state index in [-0.39, 0.29) is 49.1 Å². The summed E-state index contributed by atoms with van der Waals surface area (Å²) in [6, 6.07) is 3.31. The Morgan fingerprint density at radius 3 is 2.42 bits per heavy atom. The molecule has 1 aliphatic rings. The molecule has 8 heteroatoms. The fraction of sp³-hybridized carbons (Fsp3) is 0.364. The number of amides is 2. The number of nitrogens with one attached hydrogen (secondary N) is 2. The number of carbonyl (C=O) groups excluding carboxylic acids is 2. The number of nitrogens with zero attached hydrogens (tertiary/aromatic N) is 1. The molecule has 0 aromatic carbocycles. The van der Waals surface area contributed by atoms with Crippen molar-refractivity contribution in [3.05, 3.63) is 18.3 Å². The number of hydrogen-bond acceptors (Lipinski definition) is 4. The molecule has 6 nitrogen and oxygen atoms in total. The van der Waals surface area contributed by atoms with Gasteiger partial charge in [0.25, 0.3) is 0 Å². The molecule has 1 aromatic heterocycles. The maximum Gasteiger partial charge on any atom is 0.238 e. The lowest BCUT2D eigenvalue weighted by Crippen LogP contribution is -2.22. The Labute approximate surface area is 123 Å². The first-order chi connectivity index (χ1) is 8.19. The highest BCUT2D eigenvalue weighted by molar-refractivity contribution is 5.94. The van der Waals surface area contributed by atoms with Gasteiger partial charge < -0.3 is 16.4 Å². The van der Waals surface area contributed by atoms with E-state index in [4.69, 9.17) is 5.73 Å². The molecule has 1 fully saturated rings. The third-order valence-corrected chi connectivity index (χ3v) is 2.43. The number of hydrogen-bond donors (Lipinski definition) is 3. The standard InChI is InChI=1S/C11H14N4O2.2ClH/c12-5-10(16)14-8-3-4-9(13-6-8)15-11(17)7-1-2-7;;/h3-4,6-7H,1-2,5,12H2,(H,14,16)(H,13,15,17);2*1H. The first kappa shape index (κ1) is 17.6. The lowest BCUT2D eigenvalue weighted by Gasteiger charge is -2.05. The van der Waals surface area contributed by atoms with Gasteiger partial charge in [-0.3, -0.25) is 9.59 Å². The van der Waals surface area contributed by atoms with Crippen LogP contribution in [0.2, 0.25) is 0 Å². The minimum Gasteiger partial charge on any atom is -0.324 e. The monoisotopic (exact) mass is 306 g/mol. The zero-order valence-electron chi connectivity index (χ0n) is 10.1. The van der Waals surface area contributed by atoms with E-state index in [0.29, 0.717) is 11.5 Å². The summed E-state index contributed by atoms with van der Waals surface area (Å²) in [6.07, 6.45) is 3.39. The summed E-state index contributed by atoms with van der Waals surface area (Å²) in [5.41, 5.74) is 5.73. The van der Waals surface area contributed by atoms with Gasteiger partial charge in [0.1, 0.15) is 5.82 Å². The SMILES string of the molecule is Cl.Cl.NCC(=O)Nc1ccc(NC(=O)C2CC2)nc1. The van der Waals surface area contributed by atoms with E-state index < -0.39 is 0 Å². The Morgan fingerprint density at radius 1 is 1.26 bits per heavy atom. The summed E-state index contributed by atoms with van der Waals surface area (Å²) >= 11 is 0. The zero-order chi connectivity index (χ0) is 12.3. The van der Waals surface area contributed by atoms with Crippen LogP contribution in [0.15, 0.2) is 18.3 Å². The third kappa shape index (κ3) is 5.42. The van der Waals surface area contributed by atoms with Gasteiger partial charge in [0.05, 0.1) is 18.4 Å². The van der Waals surface area contributed by atoms with Crippen molar-refractivity contribution >= 4 is 48.1 Å². The van der Waals surface area contributed by atoms with E-state index >= 15 is 0 Å². The van der Waals surface area contributed by atoms with Crippen molar-refractivity contribution in [1.82, 2.24) is 4.98 Å². The van der Waals surface area contributed by atoms with Crippen LogP contribution in [0.25, 0.3) is 0 Å². The van der Waals surface area contributed by atoms with E-state index in [1.807, 2.05) is 0 Å². The van der Waals surface area contributed by atoms with Gasteiger partial charge in [0.2, 0.25) is 11.8 Å². The Morgan fingerprint density at radius 2 is 1.95 bits per heavy atom. The van der Waals surface area contributed by atoms with Crippen LogP contribution in [0.1, 0.15) is 12.8 Å². The van der Waals surface area contributed by atoms with Crippen molar-refractivity contribution < 1.29 is 9.59 Å². The second-order valence-corrected chi connectivity index (χ2v) is 3.95. The number of carbonyl (C=O) groups is 2. The highest BCUT2D eigenvalue weighted by Gasteiger charge is 2.29. The third-order valence-electron chi connectivity index (χ3n) is 2.43. The van der Waals surface area contributed by atoms with Gasteiger partial charge in [0.15, 0.2) is 0 Å². The maximum absolute atomic E-state index is 11.4. The molecule has 0 aliphatic heterocycles. The molecule has 0 radical (unpaired) electrons. The molecule has 19 heavy (non-hydrogen) atoms. The van der Waals surface area contributed by atoms with Crippen LogP contribution in [0.5, 0.6) is 0 Å². The maximum atomic E-state index is 11.4. The van der Waals surface area contributed by atoms with Crippen LogP contribution in [-0.2, 0) is 9.59 Å². The number of anilines is 2. The van der Waals surface area contributed by atoms with Gasteiger partial charge >= 0.3 is 0 Å². The van der Waals surface area contributed by atoms with Crippen molar-refractivity contribution in [2.24, 2.45) is 11.7 Å². The molecule has 4 N–H and O–H groups in total. The molecule has 1 aliphatic carbocycles. The fourth-order valence-electron chi connectivity index (χ4n) is 1.33. The molecule has 0 bridgehead atoms. The normalized spacial score (nSPS) is 12.7. The van der Waals surface area contributed by atoms with Gasteiger partial charge in [-0.2, -0.15) is 0 Å². The number of aromatic nitrogens is 1. The second kappa shape index (κ2) is 7.93. The average Bonchev–Trinajstić information content (AvgIpc) is 3.15. The summed E-state index contributed by atoms with van der Waals surface area (Å²) in [4.78, 5) is 26.5. The Bertz CT molecular complexity index is 435. The predicted octanol–water partition coefficient (Wildman–Crippen LogP) is 1.17. The number of pyridine rings is 1. The molecular weight excluding hydrogens is 291 g/mol. The van der Waals surface area contributed by atoms with Crippen molar-refractivity contribution in [3.8, 4) is 0 Å². The van der Waals surface area contributed by atoms with Crippen LogP contribution in [0, 0.1) is 5.92 Å².